The van der Waals surface area contributed by atoms with Gasteiger partial charge in [-0.05, 0) is 25.1 Å². The molecule has 0 aliphatic carbocycles. The lowest BCUT2D eigenvalue weighted by molar-refractivity contribution is 0.416. The van der Waals surface area contributed by atoms with E-state index in [0.717, 1.165) is 25.8 Å². The molecule has 17 heavy (non-hydrogen) atoms. The Bertz CT molecular complexity index is 530. The van der Waals surface area contributed by atoms with Gasteiger partial charge in [0.1, 0.15) is 10.8 Å². The van der Waals surface area contributed by atoms with Gasteiger partial charge in [0.25, 0.3) is 0 Å². The molecule has 0 aliphatic heterocycles. The molecule has 90 valence electrons. The van der Waals surface area contributed by atoms with Crippen LogP contribution in [0.1, 0.15) is 17.3 Å². The van der Waals surface area contributed by atoms with Gasteiger partial charge in [-0.2, -0.15) is 0 Å². The lowest BCUT2D eigenvalue weighted by Crippen LogP contribution is -1.87. The first-order valence-corrected chi connectivity index (χ1v) is 6.98. The third-order valence-corrected chi connectivity index (χ3v) is 4.14. The summed E-state index contributed by atoms with van der Waals surface area (Å²) in [5.74, 6) is 0.768. The second kappa shape index (κ2) is 5.33. The molecule has 1 aromatic heterocycles. The Morgan fingerprint density at radius 2 is 2.18 bits per heavy atom. The summed E-state index contributed by atoms with van der Waals surface area (Å²) < 4.78 is 6.29. The minimum absolute atomic E-state index is 0.123. The minimum Gasteiger partial charge on any atom is -0.496 e. The van der Waals surface area contributed by atoms with E-state index in [1.165, 1.54) is 11.3 Å². The van der Waals surface area contributed by atoms with Crippen molar-refractivity contribution in [3.63, 3.8) is 0 Å². The summed E-state index contributed by atoms with van der Waals surface area (Å²) in [6.07, 6.45) is 0. The smallest absolute Gasteiger partial charge is 0.151 e. The van der Waals surface area contributed by atoms with Gasteiger partial charge in [-0.25, -0.2) is 0 Å². The molecule has 0 saturated carbocycles. The van der Waals surface area contributed by atoms with Crippen LogP contribution in [0.25, 0.3) is 10.6 Å². The van der Waals surface area contributed by atoms with E-state index < -0.39 is 0 Å². The van der Waals surface area contributed by atoms with Crippen molar-refractivity contribution in [2.24, 2.45) is 0 Å². The van der Waals surface area contributed by atoms with Crippen LogP contribution in [0.3, 0.4) is 0 Å². The summed E-state index contributed by atoms with van der Waals surface area (Å²) in [7, 11) is 1.64. The molecule has 0 saturated heterocycles. The van der Waals surface area contributed by atoms with E-state index in [1.54, 1.807) is 7.11 Å². The fourth-order valence-electron chi connectivity index (χ4n) is 1.35. The average Bonchev–Trinajstić information content (AvgIpc) is 2.78. The van der Waals surface area contributed by atoms with Gasteiger partial charge < -0.3 is 4.74 Å². The number of benzene rings is 1. The van der Waals surface area contributed by atoms with Crippen molar-refractivity contribution in [2.75, 3.05) is 7.11 Å². The number of nitrogens with zero attached hydrogens (tertiary/aromatic N) is 2. The molecule has 0 spiro atoms. The molecule has 0 radical (unpaired) electrons. The second-order valence-corrected chi connectivity index (χ2v) is 5.99. The third kappa shape index (κ3) is 2.78. The monoisotopic (exact) mass is 332 g/mol. The van der Waals surface area contributed by atoms with E-state index >= 15 is 0 Å². The van der Waals surface area contributed by atoms with E-state index in [9.17, 15) is 0 Å². The number of methoxy groups -OCH3 is 1. The normalized spacial score (nSPS) is 12.5. The number of alkyl halides is 1. The van der Waals surface area contributed by atoms with Crippen LogP contribution in [0.15, 0.2) is 22.7 Å². The van der Waals surface area contributed by atoms with Crippen molar-refractivity contribution >= 4 is 38.9 Å². The molecule has 0 fully saturated rings. The highest BCUT2D eigenvalue weighted by Gasteiger charge is 2.14. The predicted molar refractivity (Wildman–Crippen MR) is 73.9 cm³/mol. The van der Waals surface area contributed by atoms with Crippen LogP contribution in [0, 0.1) is 0 Å². The lowest BCUT2D eigenvalue weighted by Gasteiger charge is -2.05. The van der Waals surface area contributed by atoms with Gasteiger partial charge in [0.2, 0.25) is 0 Å². The molecule has 3 nitrogen and oxygen atoms in total. The van der Waals surface area contributed by atoms with Crippen LogP contribution in [0.4, 0.5) is 0 Å². The summed E-state index contributed by atoms with van der Waals surface area (Å²) in [6, 6.07) is 5.80. The van der Waals surface area contributed by atoms with Gasteiger partial charge in [0.05, 0.1) is 18.1 Å². The molecule has 2 aromatic rings. The summed E-state index contributed by atoms with van der Waals surface area (Å²) in [4.78, 5) is 0. The maximum atomic E-state index is 5.97. The Kier molecular flexibility index (Phi) is 4.01. The van der Waals surface area contributed by atoms with E-state index in [-0.39, 0.29) is 5.38 Å². The number of ether oxygens (including phenoxy) is 1. The van der Waals surface area contributed by atoms with Crippen molar-refractivity contribution in [3.8, 4) is 16.3 Å². The van der Waals surface area contributed by atoms with E-state index in [0.29, 0.717) is 0 Å². The van der Waals surface area contributed by atoms with Gasteiger partial charge in [0.15, 0.2) is 5.01 Å². The Balaban J connectivity index is 2.44. The van der Waals surface area contributed by atoms with Crippen LogP contribution < -0.4 is 4.74 Å². The molecule has 1 heterocycles. The molecular weight excluding hydrogens is 324 g/mol. The number of rotatable bonds is 3. The Hall–Kier alpha value is -0.650. The fourth-order valence-corrected chi connectivity index (χ4v) is 2.67. The quantitative estimate of drug-likeness (QED) is 0.787. The van der Waals surface area contributed by atoms with Crippen LogP contribution in [0.5, 0.6) is 5.75 Å². The molecule has 2 rings (SSSR count). The van der Waals surface area contributed by atoms with Gasteiger partial charge >= 0.3 is 0 Å². The highest BCUT2D eigenvalue weighted by atomic mass is 79.9. The van der Waals surface area contributed by atoms with E-state index in [2.05, 4.69) is 26.1 Å². The Morgan fingerprint density at radius 3 is 2.76 bits per heavy atom. The summed E-state index contributed by atoms with van der Waals surface area (Å²) in [5, 5.41) is 9.70. The topological polar surface area (TPSA) is 35.0 Å². The third-order valence-electron chi connectivity index (χ3n) is 2.17. The van der Waals surface area contributed by atoms with Crippen molar-refractivity contribution in [1.82, 2.24) is 10.2 Å². The molecule has 1 unspecified atom stereocenters. The first-order chi connectivity index (χ1) is 8.11. The summed E-state index contributed by atoms with van der Waals surface area (Å²) >= 11 is 10.9. The zero-order valence-electron chi connectivity index (χ0n) is 9.28. The fraction of sp³-hybridized carbons (Fsp3) is 0.273. The average molecular weight is 334 g/mol. The molecule has 0 N–H and O–H groups in total. The summed E-state index contributed by atoms with van der Waals surface area (Å²) in [5.41, 5.74) is 0.928. The van der Waals surface area contributed by atoms with Crippen LogP contribution in [-0.2, 0) is 0 Å². The first-order valence-electron chi connectivity index (χ1n) is 4.93. The van der Waals surface area contributed by atoms with E-state index in [1.807, 2.05) is 25.1 Å². The van der Waals surface area contributed by atoms with Crippen molar-refractivity contribution in [2.45, 2.75) is 12.3 Å². The van der Waals surface area contributed by atoms with Crippen molar-refractivity contribution in [3.05, 3.63) is 27.7 Å². The maximum Gasteiger partial charge on any atom is 0.151 e. The lowest BCUT2D eigenvalue weighted by atomic mass is 10.2. The molecule has 0 amide bonds. The number of aromatic nitrogens is 2. The van der Waals surface area contributed by atoms with Gasteiger partial charge in [-0.3, -0.25) is 0 Å². The van der Waals surface area contributed by atoms with Crippen LogP contribution >= 0.6 is 38.9 Å². The van der Waals surface area contributed by atoms with Crippen molar-refractivity contribution in [1.29, 1.82) is 0 Å². The first kappa shape index (κ1) is 12.8. The number of hydrogen-bond donors (Lipinski definition) is 0. The minimum atomic E-state index is -0.123. The predicted octanol–water partition coefficient (Wildman–Crippen LogP) is 4.28. The highest BCUT2D eigenvalue weighted by Crippen LogP contribution is 2.36. The van der Waals surface area contributed by atoms with Crippen molar-refractivity contribution < 1.29 is 4.74 Å². The van der Waals surface area contributed by atoms with Crippen LogP contribution in [-0.4, -0.2) is 17.3 Å². The highest BCUT2D eigenvalue weighted by molar-refractivity contribution is 9.10. The standard InChI is InChI=1S/C11H10BrClN2OS/c1-6(13)10-14-15-11(17-10)8-4-3-7(12)5-9(8)16-2/h3-6H,1-2H3. The molecule has 0 aliphatic rings. The number of hydrogen-bond acceptors (Lipinski definition) is 4. The van der Waals surface area contributed by atoms with Gasteiger partial charge in [-0.15, -0.1) is 21.8 Å². The molecular formula is C11H10BrClN2OS. The molecule has 1 aromatic carbocycles. The maximum absolute atomic E-state index is 5.97. The Morgan fingerprint density at radius 1 is 1.41 bits per heavy atom. The molecule has 1 atom stereocenters. The SMILES string of the molecule is COc1cc(Br)ccc1-c1nnc(C(C)Cl)s1. The molecule has 6 heteroatoms. The summed E-state index contributed by atoms with van der Waals surface area (Å²) in [6.45, 7) is 1.88. The largest absolute Gasteiger partial charge is 0.496 e. The Labute approximate surface area is 117 Å². The zero-order valence-corrected chi connectivity index (χ0v) is 12.4. The zero-order chi connectivity index (χ0) is 12.4. The number of halogens is 2. The van der Waals surface area contributed by atoms with E-state index in [4.69, 9.17) is 16.3 Å². The van der Waals surface area contributed by atoms with Gasteiger partial charge in [-0.1, -0.05) is 27.3 Å². The second-order valence-electron chi connectivity index (χ2n) is 3.41. The van der Waals surface area contributed by atoms with Crippen LogP contribution in [0.2, 0.25) is 0 Å². The molecule has 0 bridgehead atoms. The van der Waals surface area contributed by atoms with Gasteiger partial charge in [0, 0.05) is 4.47 Å².